The first-order valence-electron chi connectivity index (χ1n) is 5.45. The highest BCUT2D eigenvalue weighted by Crippen LogP contribution is 2.33. The number of likely N-dealkylation sites (tertiary alicyclic amines) is 1. The molecule has 1 atom stereocenters. The molecule has 0 radical (unpaired) electrons. The van der Waals surface area contributed by atoms with E-state index in [9.17, 15) is 0 Å². The molecule has 0 aromatic rings. The van der Waals surface area contributed by atoms with Crippen LogP contribution in [0.2, 0.25) is 0 Å². The van der Waals surface area contributed by atoms with E-state index in [0.717, 1.165) is 6.54 Å². The Morgan fingerprint density at radius 3 is 2.54 bits per heavy atom. The zero-order valence-electron chi connectivity index (χ0n) is 9.51. The van der Waals surface area contributed by atoms with Gasteiger partial charge in [-0.2, -0.15) is 0 Å². The summed E-state index contributed by atoms with van der Waals surface area (Å²) in [5.41, 5.74) is 6.10. The molecule has 78 valence electrons. The summed E-state index contributed by atoms with van der Waals surface area (Å²) < 4.78 is 0. The third kappa shape index (κ3) is 2.23. The quantitative estimate of drug-likeness (QED) is 0.725. The van der Waals surface area contributed by atoms with E-state index in [1.165, 1.54) is 19.4 Å². The second-order valence-corrected chi connectivity index (χ2v) is 5.18. The number of hydrogen-bond acceptors (Lipinski definition) is 2. The standard InChI is InChI=1S/C11H24N2/c1-9(2)13-7-5-6-10(13)11(3,4)8-12/h9-10H,5-8,12H2,1-4H3. The highest BCUT2D eigenvalue weighted by Gasteiger charge is 2.37. The molecule has 0 bridgehead atoms. The number of nitrogens with zero attached hydrogens (tertiary/aromatic N) is 1. The first-order valence-corrected chi connectivity index (χ1v) is 5.45. The van der Waals surface area contributed by atoms with Gasteiger partial charge >= 0.3 is 0 Å². The molecule has 1 heterocycles. The molecule has 1 rings (SSSR count). The van der Waals surface area contributed by atoms with Gasteiger partial charge in [-0.1, -0.05) is 13.8 Å². The first kappa shape index (κ1) is 11.0. The van der Waals surface area contributed by atoms with E-state index in [-0.39, 0.29) is 5.41 Å². The Morgan fingerprint density at radius 2 is 2.08 bits per heavy atom. The molecule has 2 N–H and O–H groups in total. The van der Waals surface area contributed by atoms with Crippen LogP contribution in [0.4, 0.5) is 0 Å². The van der Waals surface area contributed by atoms with Crippen molar-refractivity contribution in [3.05, 3.63) is 0 Å². The van der Waals surface area contributed by atoms with Gasteiger partial charge in [0.2, 0.25) is 0 Å². The van der Waals surface area contributed by atoms with Gasteiger partial charge in [0.05, 0.1) is 0 Å². The zero-order chi connectivity index (χ0) is 10.1. The molecule has 0 aromatic heterocycles. The fraction of sp³-hybridized carbons (Fsp3) is 1.00. The lowest BCUT2D eigenvalue weighted by atomic mass is 9.82. The van der Waals surface area contributed by atoms with E-state index in [1.807, 2.05) is 0 Å². The monoisotopic (exact) mass is 184 g/mol. The Balaban J connectivity index is 2.68. The minimum absolute atomic E-state index is 0.279. The van der Waals surface area contributed by atoms with E-state index in [2.05, 4.69) is 32.6 Å². The van der Waals surface area contributed by atoms with Gasteiger partial charge < -0.3 is 5.73 Å². The van der Waals surface area contributed by atoms with Crippen LogP contribution in [-0.2, 0) is 0 Å². The summed E-state index contributed by atoms with van der Waals surface area (Å²) in [5, 5.41) is 0. The molecule has 0 saturated carbocycles. The fourth-order valence-corrected chi connectivity index (χ4v) is 2.38. The first-order chi connectivity index (χ1) is 5.99. The maximum absolute atomic E-state index is 5.82. The van der Waals surface area contributed by atoms with E-state index >= 15 is 0 Å². The molecule has 2 heteroatoms. The van der Waals surface area contributed by atoms with E-state index < -0.39 is 0 Å². The predicted molar refractivity (Wildman–Crippen MR) is 57.7 cm³/mol. The highest BCUT2D eigenvalue weighted by molar-refractivity contribution is 4.92. The van der Waals surface area contributed by atoms with Gasteiger partial charge in [0.15, 0.2) is 0 Å². The molecule has 13 heavy (non-hydrogen) atoms. The van der Waals surface area contributed by atoms with Gasteiger partial charge in [-0.05, 0) is 45.2 Å². The van der Waals surface area contributed by atoms with Gasteiger partial charge in [-0.15, -0.1) is 0 Å². The van der Waals surface area contributed by atoms with Crippen molar-refractivity contribution >= 4 is 0 Å². The molecule has 1 aliphatic rings. The van der Waals surface area contributed by atoms with Crippen molar-refractivity contribution in [1.82, 2.24) is 4.90 Å². The molecular formula is C11H24N2. The Labute approximate surface area is 82.5 Å². The van der Waals surface area contributed by atoms with Crippen LogP contribution in [0.25, 0.3) is 0 Å². The Hall–Kier alpha value is -0.0800. The van der Waals surface area contributed by atoms with Crippen molar-refractivity contribution in [2.75, 3.05) is 13.1 Å². The smallest absolute Gasteiger partial charge is 0.0162 e. The zero-order valence-corrected chi connectivity index (χ0v) is 9.51. The third-order valence-corrected chi connectivity index (χ3v) is 3.39. The highest BCUT2D eigenvalue weighted by atomic mass is 15.2. The molecular weight excluding hydrogens is 160 g/mol. The minimum atomic E-state index is 0.279. The summed E-state index contributed by atoms with van der Waals surface area (Å²) in [7, 11) is 0. The van der Waals surface area contributed by atoms with E-state index in [4.69, 9.17) is 5.73 Å². The second kappa shape index (κ2) is 3.97. The van der Waals surface area contributed by atoms with Crippen LogP contribution in [0.15, 0.2) is 0 Å². The SMILES string of the molecule is CC(C)N1CCCC1C(C)(C)CN. The minimum Gasteiger partial charge on any atom is -0.330 e. The molecule has 1 fully saturated rings. The lowest BCUT2D eigenvalue weighted by Gasteiger charge is -2.39. The molecule has 1 aliphatic heterocycles. The van der Waals surface area contributed by atoms with Gasteiger partial charge in [-0.25, -0.2) is 0 Å². The van der Waals surface area contributed by atoms with Crippen molar-refractivity contribution in [3.8, 4) is 0 Å². The maximum Gasteiger partial charge on any atom is 0.0162 e. The Kier molecular flexibility index (Phi) is 3.36. The summed E-state index contributed by atoms with van der Waals surface area (Å²) in [6.45, 7) is 11.2. The topological polar surface area (TPSA) is 29.3 Å². The summed E-state index contributed by atoms with van der Waals surface area (Å²) in [5.74, 6) is 0. The number of rotatable bonds is 3. The average Bonchev–Trinajstić information content (AvgIpc) is 2.52. The van der Waals surface area contributed by atoms with Crippen LogP contribution in [0.5, 0.6) is 0 Å². The maximum atomic E-state index is 5.82. The average molecular weight is 184 g/mol. The normalized spacial score (nSPS) is 25.8. The van der Waals surface area contributed by atoms with Crippen molar-refractivity contribution in [3.63, 3.8) is 0 Å². The van der Waals surface area contributed by atoms with Gasteiger partial charge in [-0.3, -0.25) is 4.90 Å². The van der Waals surface area contributed by atoms with Crippen LogP contribution in [0, 0.1) is 5.41 Å². The lowest BCUT2D eigenvalue weighted by molar-refractivity contribution is 0.104. The molecule has 0 aliphatic carbocycles. The van der Waals surface area contributed by atoms with Crippen LogP contribution < -0.4 is 5.73 Å². The van der Waals surface area contributed by atoms with Crippen molar-refractivity contribution in [1.29, 1.82) is 0 Å². The lowest BCUT2D eigenvalue weighted by Crippen LogP contribution is -2.47. The van der Waals surface area contributed by atoms with Crippen LogP contribution in [0.1, 0.15) is 40.5 Å². The second-order valence-electron chi connectivity index (χ2n) is 5.18. The molecule has 0 aromatic carbocycles. The van der Waals surface area contributed by atoms with Crippen molar-refractivity contribution in [2.45, 2.75) is 52.6 Å². The van der Waals surface area contributed by atoms with Gasteiger partial charge in [0.1, 0.15) is 0 Å². The molecule has 0 amide bonds. The summed E-state index contributed by atoms with van der Waals surface area (Å²) in [6.07, 6.45) is 2.66. The summed E-state index contributed by atoms with van der Waals surface area (Å²) >= 11 is 0. The van der Waals surface area contributed by atoms with Crippen LogP contribution in [-0.4, -0.2) is 30.1 Å². The van der Waals surface area contributed by atoms with Crippen LogP contribution in [0.3, 0.4) is 0 Å². The molecule has 1 unspecified atom stereocenters. The van der Waals surface area contributed by atoms with Crippen LogP contribution >= 0.6 is 0 Å². The fourth-order valence-electron chi connectivity index (χ4n) is 2.38. The summed E-state index contributed by atoms with van der Waals surface area (Å²) in [4.78, 5) is 2.60. The van der Waals surface area contributed by atoms with Crippen molar-refractivity contribution in [2.24, 2.45) is 11.1 Å². The third-order valence-electron chi connectivity index (χ3n) is 3.39. The Morgan fingerprint density at radius 1 is 1.46 bits per heavy atom. The number of nitrogens with two attached hydrogens (primary N) is 1. The number of hydrogen-bond donors (Lipinski definition) is 1. The predicted octanol–water partition coefficient (Wildman–Crippen LogP) is 1.84. The summed E-state index contributed by atoms with van der Waals surface area (Å²) in [6, 6.07) is 1.36. The largest absolute Gasteiger partial charge is 0.330 e. The van der Waals surface area contributed by atoms with E-state index in [1.54, 1.807) is 0 Å². The molecule has 1 saturated heterocycles. The van der Waals surface area contributed by atoms with Gasteiger partial charge in [0.25, 0.3) is 0 Å². The molecule has 2 nitrogen and oxygen atoms in total. The van der Waals surface area contributed by atoms with Crippen molar-refractivity contribution < 1.29 is 0 Å². The van der Waals surface area contributed by atoms with E-state index in [0.29, 0.717) is 12.1 Å². The Bertz CT molecular complexity index is 163. The molecule has 0 spiro atoms. The van der Waals surface area contributed by atoms with Gasteiger partial charge in [0, 0.05) is 12.1 Å².